The average Bonchev–Trinajstić information content (AvgIpc) is 2.82. The van der Waals surface area contributed by atoms with Gasteiger partial charge in [-0.2, -0.15) is 17.7 Å². The second kappa shape index (κ2) is 4.76. The number of nitrogens with zero attached hydrogens (tertiary/aromatic N) is 1. The molecule has 0 aliphatic carbocycles. The van der Waals surface area contributed by atoms with Gasteiger partial charge in [-0.05, 0) is 45.3 Å². The number of aromatic nitrogens is 2. The smallest absolute Gasteiger partial charge is 0.400 e. The minimum atomic E-state index is -0.351. The van der Waals surface area contributed by atoms with Crippen molar-refractivity contribution in [3.8, 4) is 0 Å². The van der Waals surface area contributed by atoms with E-state index in [-0.39, 0.29) is 18.3 Å². The number of hydrogen-bond donors (Lipinski definition) is 2. The van der Waals surface area contributed by atoms with Crippen molar-refractivity contribution in [2.45, 2.75) is 38.9 Å². The highest BCUT2D eigenvalue weighted by molar-refractivity contribution is 7.80. The molecule has 0 aromatic carbocycles. The topological polar surface area (TPSA) is 47.1 Å². The Morgan fingerprint density at radius 3 is 2.44 bits per heavy atom. The van der Waals surface area contributed by atoms with Gasteiger partial charge in [-0.3, -0.25) is 5.10 Å². The molecule has 2 heterocycles. The number of H-pyrrole nitrogens is 1. The van der Waals surface area contributed by atoms with Crippen molar-refractivity contribution in [1.82, 2.24) is 10.2 Å². The highest BCUT2D eigenvalue weighted by Crippen LogP contribution is 2.38. The van der Waals surface area contributed by atoms with Crippen molar-refractivity contribution >= 4 is 25.8 Å². The molecule has 0 radical (unpaired) electrons. The molecule has 0 unspecified atom stereocenters. The van der Waals surface area contributed by atoms with Crippen LogP contribution in [0.15, 0.2) is 17.7 Å². The van der Waals surface area contributed by atoms with Gasteiger partial charge < -0.3 is 9.31 Å². The summed E-state index contributed by atoms with van der Waals surface area (Å²) in [6, 6.07) is 1.90. The molecular formula is C12H19BN2O2S. The molecule has 1 aromatic heterocycles. The van der Waals surface area contributed by atoms with Crippen LogP contribution in [-0.2, 0) is 9.31 Å². The third-order valence-electron chi connectivity index (χ3n) is 3.60. The SMILES string of the molecule is CC1(C)OB(C(=Cc2ccn[nH]2)CS)OC1(C)C. The van der Waals surface area contributed by atoms with Crippen LogP contribution in [0.4, 0.5) is 0 Å². The van der Waals surface area contributed by atoms with Crippen LogP contribution in [0.25, 0.3) is 6.08 Å². The van der Waals surface area contributed by atoms with Crippen molar-refractivity contribution in [3.05, 3.63) is 23.4 Å². The second-order valence-corrected chi connectivity index (χ2v) is 5.79. The third-order valence-corrected chi connectivity index (χ3v) is 3.97. The van der Waals surface area contributed by atoms with E-state index in [0.717, 1.165) is 11.2 Å². The van der Waals surface area contributed by atoms with Gasteiger partial charge in [-0.15, -0.1) is 0 Å². The van der Waals surface area contributed by atoms with Crippen molar-refractivity contribution in [2.24, 2.45) is 0 Å². The van der Waals surface area contributed by atoms with Gasteiger partial charge in [0, 0.05) is 11.9 Å². The minimum absolute atomic E-state index is 0.326. The van der Waals surface area contributed by atoms with E-state index < -0.39 is 0 Å². The Hall–Kier alpha value is -0.715. The number of hydrogen-bond acceptors (Lipinski definition) is 4. The van der Waals surface area contributed by atoms with Crippen LogP contribution < -0.4 is 0 Å². The van der Waals surface area contributed by atoms with E-state index in [2.05, 4.69) is 22.8 Å². The quantitative estimate of drug-likeness (QED) is 0.652. The van der Waals surface area contributed by atoms with Gasteiger partial charge in [-0.1, -0.05) is 0 Å². The lowest BCUT2D eigenvalue weighted by molar-refractivity contribution is 0.00578. The van der Waals surface area contributed by atoms with E-state index in [0.29, 0.717) is 5.75 Å². The van der Waals surface area contributed by atoms with Crippen molar-refractivity contribution < 1.29 is 9.31 Å². The fraction of sp³-hybridized carbons (Fsp3) is 0.583. The first-order valence-electron chi connectivity index (χ1n) is 6.02. The third kappa shape index (κ3) is 2.51. The summed E-state index contributed by atoms with van der Waals surface area (Å²) in [4.78, 5) is 0. The Morgan fingerprint density at radius 2 is 2.00 bits per heavy atom. The molecule has 1 aliphatic heterocycles. The van der Waals surface area contributed by atoms with Crippen molar-refractivity contribution in [1.29, 1.82) is 0 Å². The molecule has 1 aromatic rings. The summed E-state index contributed by atoms with van der Waals surface area (Å²) < 4.78 is 12.0. The van der Waals surface area contributed by atoms with E-state index in [9.17, 15) is 0 Å². The number of aromatic amines is 1. The molecule has 6 heteroatoms. The molecule has 0 bridgehead atoms. The molecule has 0 saturated carbocycles. The zero-order valence-electron chi connectivity index (χ0n) is 11.2. The van der Waals surface area contributed by atoms with Gasteiger partial charge >= 0.3 is 7.12 Å². The standard InChI is InChI=1S/C12H19BN2O2S/c1-11(2)12(3,4)17-13(16-11)9(8-18)7-10-5-6-14-15-10/h5-7,18H,8H2,1-4H3,(H,14,15). The average molecular weight is 266 g/mol. The van der Waals surface area contributed by atoms with Crippen LogP contribution in [0.2, 0.25) is 0 Å². The molecule has 18 heavy (non-hydrogen) atoms. The Balaban J connectivity index is 2.22. The van der Waals surface area contributed by atoms with Gasteiger partial charge in [-0.25, -0.2) is 0 Å². The lowest BCUT2D eigenvalue weighted by Gasteiger charge is -2.32. The van der Waals surface area contributed by atoms with Gasteiger partial charge in [0.25, 0.3) is 0 Å². The summed E-state index contributed by atoms with van der Waals surface area (Å²) in [5.74, 6) is 0.579. The predicted octanol–water partition coefficient (Wildman–Crippen LogP) is 2.35. The summed E-state index contributed by atoms with van der Waals surface area (Å²) in [7, 11) is -0.351. The summed E-state index contributed by atoms with van der Waals surface area (Å²) >= 11 is 4.35. The molecule has 0 amide bonds. The van der Waals surface area contributed by atoms with Gasteiger partial charge in [0.2, 0.25) is 0 Å². The molecule has 1 saturated heterocycles. The molecule has 0 spiro atoms. The fourth-order valence-corrected chi connectivity index (χ4v) is 1.97. The largest absolute Gasteiger partial charge is 0.491 e. The van der Waals surface area contributed by atoms with Crippen LogP contribution in [-0.4, -0.2) is 34.3 Å². The van der Waals surface area contributed by atoms with E-state index >= 15 is 0 Å². The molecule has 1 N–H and O–H groups in total. The Labute approximate surface area is 114 Å². The predicted molar refractivity (Wildman–Crippen MR) is 76.5 cm³/mol. The highest BCUT2D eigenvalue weighted by Gasteiger charge is 2.52. The zero-order chi connectivity index (χ0) is 13.4. The first-order chi connectivity index (χ1) is 8.36. The van der Waals surface area contributed by atoms with Crippen molar-refractivity contribution in [3.63, 3.8) is 0 Å². The van der Waals surface area contributed by atoms with Crippen LogP contribution in [0.5, 0.6) is 0 Å². The summed E-state index contributed by atoms with van der Waals surface area (Å²) in [6.45, 7) is 8.16. The Kier molecular flexibility index (Phi) is 3.62. The van der Waals surface area contributed by atoms with E-state index in [4.69, 9.17) is 9.31 Å². The maximum absolute atomic E-state index is 5.99. The van der Waals surface area contributed by atoms with Crippen LogP contribution in [0, 0.1) is 0 Å². The monoisotopic (exact) mass is 266 g/mol. The van der Waals surface area contributed by atoms with Gasteiger partial charge in [0.05, 0.1) is 16.9 Å². The lowest BCUT2D eigenvalue weighted by Crippen LogP contribution is -2.41. The fourth-order valence-electron chi connectivity index (χ4n) is 1.73. The molecular weight excluding hydrogens is 247 g/mol. The molecule has 2 rings (SSSR count). The minimum Gasteiger partial charge on any atom is -0.400 e. The van der Waals surface area contributed by atoms with Gasteiger partial charge in [0.1, 0.15) is 0 Å². The zero-order valence-corrected chi connectivity index (χ0v) is 12.1. The van der Waals surface area contributed by atoms with Crippen LogP contribution in [0.1, 0.15) is 33.4 Å². The van der Waals surface area contributed by atoms with Crippen LogP contribution >= 0.6 is 12.6 Å². The Morgan fingerprint density at radius 1 is 1.39 bits per heavy atom. The summed E-state index contributed by atoms with van der Waals surface area (Å²) in [6.07, 6.45) is 3.69. The normalized spacial score (nSPS) is 22.5. The maximum Gasteiger partial charge on any atom is 0.491 e. The van der Waals surface area contributed by atoms with Crippen molar-refractivity contribution in [2.75, 3.05) is 5.75 Å². The van der Waals surface area contributed by atoms with Crippen LogP contribution in [0.3, 0.4) is 0 Å². The van der Waals surface area contributed by atoms with Gasteiger partial charge in [0.15, 0.2) is 0 Å². The molecule has 1 fully saturated rings. The second-order valence-electron chi connectivity index (χ2n) is 5.48. The van der Waals surface area contributed by atoms with E-state index in [1.807, 2.05) is 39.8 Å². The lowest BCUT2D eigenvalue weighted by atomic mass is 9.78. The maximum atomic E-state index is 5.99. The molecule has 1 aliphatic rings. The number of nitrogens with one attached hydrogen (secondary N) is 1. The summed E-state index contributed by atoms with van der Waals surface area (Å²) in [5.41, 5.74) is 1.26. The Bertz CT molecular complexity index is 427. The molecule has 4 nitrogen and oxygen atoms in total. The molecule has 98 valence electrons. The first-order valence-corrected chi connectivity index (χ1v) is 6.65. The van der Waals surface area contributed by atoms with E-state index in [1.165, 1.54) is 0 Å². The molecule has 0 atom stereocenters. The van der Waals surface area contributed by atoms with E-state index in [1.54, 1.807) is 6.20 Å². The number of thiol groups is 1. The summed E-state index contributed by atoms with van der Waals surface area (Å²) in [5, 5.41) is 6.81. The highest BCUT2D eigenvalue weighted by atomic mass is 32.1. The number of rotatable bonds is 3. The first kappa shape index (κ1) is 13.7.